The maximum absolute atomic E-state index is 12.9. The number of anilines is 2. The molecule has 0 bridgehead atoms. The largest absolute Gasteiger partial charge is 0.483 e. The van der Waals surface area contributed by atoms with Crippen molar-refractivity contribution < 1.29 is 19.1 Å². The van der Waals surface area contributed by atoms with Crippen molar-refractivity contribution >= 4 is 46.4 Å². The highest BCUT2D eigenvalue weighted by atomic mass is 35.5. The molecule has 0 saturated heterocycles. The fourth-order valence-corrected chi connectivity index (χ4v) is 7.31. The molecule has 7 rings (SSSR count). The van der Waals surface area contributed by atoms with Gasteiger partial charge in [-0.25, -0.2) is 0 Å². The second-order valence-corrected chi connectivity index (χ2v) is 13.4. The number of hydrogen-bond donors (Lipinski definition) is 2. The number of halogens is 2. The van der Waals surface area contributed by atoms with Crippen LogP contribution in [0.4, 0.5) is 11.4 Å². The molecule has 254 valence electrons. The van der Waals surface area contributed by atoms with Gasteiger partial charge in [-0.05, 0) is 119 Å². The predicted molar refractivity (Wildman–Crippen MR) is 204 cm³/mol. The van der Waals surface area contributed by atoms with Crippen LogP contribution < -0.4 is 20.1 Å². The molecule has 0 unspecified atom stereocenters. The zero-order valence-electron chi connectivity index (χ0n) is 28.0. The average Bonchev–Trinajstić information content (AvgIpc) is 3.43. The fourth-order valence-electron chi connectivity index (χ4n) is 6.86. The Hall–Kier alpha value is -5.56. The van der Waals surface area contributed by atoms with Crippen molar-refractivity contribution in [3.8, 4) is 22.6 Å². The Morgan fingerprint density at radius 3 is 1.33 bits per heavy atom. The van der Waals surface area contributed by atoms with Gasteiger partial charge in [0.25, 0.3) is 11.8 Å². The van der Waals surface area contributed by atoms with Crippen LogP contribution in [0.25, 0.3) is 11.1 Å². The first-order chi connectivity index (χ1) is 24.7. The Labute approximate surface area is 307 Å². The SMILES string of the molecule is Cc1cc(Cl)ccc1OCC(=O)Nc1ccc(C2(c3ccc(NC(=O)COc4ccc(Cl)cc4C)cc3)c3ccccc3-c3ccccc32)cc1. The molecule has 0 saturated carbocycles. The van der Waals surface area contributed by atoms with Gasteiger partial charge in [-0.3, -0.25) is 9.59 Å². The van der Waals surface area contributed by atoms with Crippen LogP contribution in [0.1, 0.15) is 33.4 Å². The Morgan fingerprint density at radius 2 is 0.941 bits per heavy atom. The number of ether oxygens (including phenoxy) is 2. The molecule has 0 spiro atoms. The lowest BCUT2D eigenvalue weighted by molar-refractivity contribution is -0.118. The number of nitrogens with one attached hydrogen (secondary N) is 2. The van der Waals surface area contributed by atoms with Crippen molar-refractivity contribution in [3.05, 3.63) is 177 Å². The lowest BCUT2D eigenvalue weighted by Gasteiger charge is -2.34. The van der Waals surface area contributed by atoms with Crippen molar-refractivity contribution in [2.24, 2.45) is 0 Å². The van der Waals surface area contributed by atoms with Crippen LogP contribution >= 0.6 is 23.2 Å². The maximum atomic E-state index is 12.9. The molecule has 0 fully saturated rings. The van der Waals surface area contributed by atoms with E-state index in [1.54, 1.807) is 36.4 Å². The van der Waals surface area contributed by atoms with E-state index < -0.39 is 5.41 Å². The highest BCUT2D eigenvalue weighted by Crippen LogP contribution is 2.56. The molecule has 0 aromatic heterocycles. The Kier molecular flexibility index (Phi) is 9.54. The van der Waals surface area contributed by atoms with E-state index in [9.17, 15) is 9.59 Å². The minimum Gasteiger partial charge on any atom is -0.483 e. The normalized spacial score (nSPS) is 12.4. The first kappa shape index (κ1) is 33.9. The van der Waals surface area contributed by atoms with Crippen LogP contribution in [0.15, 0.2) is 133 Å². The van der Waals surface area contributed by atoms with E-state index in [4.69, 9.17) is 32.7 Å². The number of carbonyl (C=O) groups is 2. The molecule has 8 heteroatoms. The third-order valence-electron chi connectivity index (χ3n) is 9.15. The van der Waals surface area contributed by atoms with E-state index in [-0.39, 0.29) is 25.0 Å². The summed E-state index contributed by atoms with van der Waals surface area (Å²) in [5.41, 5.74) is 9.07. The van der Waals surface area contributed by atoms with E-state index >= 15 is 0 Å². The highest BCUT2D eigenvalue weighted by molar-refractivity contribution is 6.31. The van der Waals surface area contributed by atoms with Gasteiger partial charge in [-0.15, -0.1) is 0 Å². The van der Waals surface area contributed by atoms with Crippen LogP contribution in [0.5, 0.6) is 11.5 Å². The molecular formula is C43H34Cl2N2O4. The van der Waals surface area contributed by atoms with Crippen LogP contribution in [-0.4, -0.2) is 25.0 Å². The Morgan fingerprint density at radius 1 is 0.549 bits per heavy atom. The topological polar surface area (TPSA) is 76.7 Å². The number of carbonyl (C=O) groups excluding carboxylic acids is 2. The highest BCUT2D eigenvalue weighted by Gasteiger charge is 2.45. The van der Waals surface area contributed by atoms with Gasteiger partial charge in [-0.2, -0.15) is 0 Å². The van der Waals surface area contributed by atoms with Crippen LogP contribution in [0.2, 0.25) is 10.0 Å². The quantitative estimate of drug-likeness (QED) is 0.148. The third kappa shape index (κ3) is 6.81. The van der Waals surface area contributed by atoms with Gasteiger partial charge < -0.3 is 20.1 Å². The minimum atomic E-state index is -0.650. The maximum Gasteiger partial charge on any atom is 0.262 e. The summed E-state index contributed by atoms with van der Waals surface area (Å²) in [6.45, 7) is 3.50. The number of hydrogen-bond acceptors (Lipinski definition) is 4. The molecule has 2 amide bonds. The molecule has 0 radical (unpaired) electrons. The molecule has 0 atom stereocenters. The van der Waals surface area contributed by atoms with E-state index in [0.29, 0.717) is 32.9 Å². The first-order valence-electron chi connectivity index (χ1n) is 16.5. The molecule has 6 aromatic rings. The summed E-state index contributed by atoms with van der Waals surface area (Å²) in [5, 5.41) is 7.14. The summed E-state index contributed by atoms with van der Waals surface area (Å²) in [6.07, 6.45) is 0. The molecule has 0 heterocycles. The van der Waals surface area contributed by atoms with Gasteiger partial charge >= 0.3 is 0 Å². The second-order valence-electron chi connectivity index (χ2n) is 12.5. The molecule has 1 aliphatic rings. The Bertz CT molecular complexity index is 2090. The van der Waals surface area contributed by atoms with Gasteiger partial charge in [0.05, 0.1) is 5.41 Å². The monoisotopic (exact) mass is 712 g/mol. The predicted octanol–water partition coefficient (Wildman–Crippen LogP) is 10.0. The molecular weight excluding hydrogens is 679 g/mol. The minimum absolute atomic E-state index is 0.134. The number of amides is 2. The second kappa shape index (κ2) is 14.4. The first-order valence-corrected chi connectivity index (χ1v) is 17.3. The van der Waals surface area contributed by atoms with Crippen molar-refractivity contribution in [2.75, 3.05) is 23.8 Å². The summed E-state index contributed by atoms with van der Waals surface area (Å²) >= 11 is 12.1. The van der Waals surface area contributed by atoms with Crippen molar-refractivity contribution in [1.82, 2.24) is 0 Å². The van der Waals surface area contributed by atoms with Crippen LogP contribution in [0.3, 0.4) is 0 Å². The summed E-state index contributed by atoms with van der Waals surface area (Å²) in [4.78, 5) is 25.7. The van der Waals surface area contributed by atoms with E-state index in [2.05, 4.69) is 83.4 Å². The summed E-state index contributed by atoms with van der Waals surface area (Å²) < 4.78 is 11.5. The van der Waals surface area contributed by atoms with Crippen molar-refractivity contribution in [1.29, 1.82) is 0 Å². The van der Waals surface area contributed by atoms with E-state index in [1.807, 2.05) is 38.1 Å². The number of benzene rings is 6. The lowest BCUT2D eigenvalue weighted by atomic mass is 9.67. The standard InChI is InChI=1S/C43H34Cl2N2O4/c1-27-23-31(44)15-21-39(27)50-25-41(48)46-33-17-11-29(12-18-33)43(37-9-5-3-7-35(37)36-8-4-6-10-38(36)43)30-13-19-34(20-14-30)47-42(49)26-51-40-22-16-32(45)24-28(40)2/h3-24H,25-26H2,1-2H3,(H,46,48)(H,47,49). The van der Waals surface area contributed by atoms with E-state index in [1.165, 1.54) is 0 Å². The average molecular weight is 714 g/mol. The zero-order valence-corrected chi connectivity index (χ0v) is 29.5. The molecule has 1 aliphatic carbocycles. The smallest absolute Gasteiger partial charge is 0.262 e. The molecule has 0 aliphatic heterocycles. The number of aryl methyl sites for hydroxylation is 2. The van der Waals surface area contributed by atoms with Gasteiger partial charge in [0, 0.05) is 21.4 Å². The summed E-state index contributed by atoms with van der Waals surface area (Å²) in [7, 11) is 0. The number of fused-ring (bicyclic) bond motifs is 3. The van der Waals surface area contributed by atoms with Gasteiger partial charge in [0.1, 0.15) is 11.5 Å². The van der Waals surface area contributed by atoms with Gasteiger partial charge in [0.2, 0.25) is 0 Å². The third-order valence-corrected chi connectivity index (χ3v) is 9.62. The number of rotatable bonds is 10. The fraction of sp³-hybridized carbons (Fsp3) is 0.116. The van der Waals surface area contributed by atoms with Crippen LogP contribution in [-0.2, 0) is 15.0 Å². The van der Waals surface area contributed by atoms with Crippen molar-refractivity contribution in [3.63, 3.8) is 0 Å². The molecule has 51 heavy (non-hydrogen) atoms. The summed E-state index contributed by atoms with van der Waals surface area (Å²) in [6, 6.07) is 43.4. The Balaban J connectivity index is 1.15. The molecule has 6 nitrogen and oxygen atoms in total. The van der Waals surface area contributed by atoms with E-state index in [0.717, 1.165) is 44.5 Å². The summed E-state index contributed by atoms with van der Waals surface area (Å²) in [5.74, 6) is 0.680. The lowest BCUT2D eigenvalue weighted by Crippen LogP contribution is -2.28. The zero-order chi connectivity index (χ0) is 35.5. The molecule has 2 N–H and O–H groups in total. The van der Waals surface area contributed by atoms with Gasteiger partial charge in [0.15, 0.2) is 13.2 Å². The molecule has 6 aromatic carbocycles. The van der Waals surface area contributed by atoms with Crippen LogP contribution in [0, 0.1) is 13.8 Å². The van der Waals surface area contributed by atoms with Crippen molar-refractivity contribution in [2.45, 2.75) is 19.3 Å². The van der Waals surface area contributed by atoms with Gasteiger partial charge in [-0.1, -0.05) is 96.0 Å².